The molecule has 0 atom stereocenters. The van der Waals surface area contributed by atoms with Crippen LogP contribution in [0.25, 0.3) is 0 Å². The van der Waals surface area contributed by atoms with Crippen LogP contribution in [0.4, 0.5) is 4.79 Å². The summed E-state index contributed by atoms with van der Waals surface area (Å²) >= 11 is 0. The molecule has 0 aromatic heterocycles. The SMILES string of the molecule is CC(C)OCCCNC(=O)NC(C)(C)c1ccccc1. The van der Waals surface area contributed by atoms with Crippen molar-refractivity contribution in [2.24, 2.45) is 0 Å². The molecule has 1 aromatic rings. The number of carbonyl (C=O) groups excluding carboxylic acids is 1. The van der Waals surface area contributed by atoms with E-state index in [1.165, 1.54) is 0 Å². The summed E-state index contributed by atoms with van der Waals surface area (Å²) in [5.74, 6) is 0. The Kier molecular flexibility index (Phi) is 6.52. The number of rotatable bonds is 7. The van der Waals surface area contributed by atoms with E-state index in [0.29, 0.717) is 13.2 Å². The van der Waals surface area contributed by atoms with Crippen molar-refractivity contribution in [3.05, 3.63) is 35.9 Å². The molecule has 4 nitrogen and oxygen atoms in total. The number of hydrogen-bond acceptors (Lipinski definition) is 2. The lowest BCUT2D eigenvalue weighted by atomic mass is 9.95. The first-order valence-corrected chi connectivity index (χ1v) is 7.15. The van der Waals surface area contributed by atoms with Gasteiger partial charge in [0.15, 0.2) is 0 Å². The first-order valence-electron chi connectivity index (χ1n) is 7.15. The fourth-order valence-corrected chi connectivity index (χ4v) is 1.85. The van der Waals surface area contributed by atoms with Crippen LogP contribution < -0.4 is 10.6 Å². The zero-order valence-corrected chi connectivity index (χ0v) is 12.9. The van der Waals surface area contributed by atoms with Crippen LogP contribution in [-0.2, 0) is 10.3 Å². The van der Waals surface area contributed by atoms with Gasteiger partial charge in [-0.3, -0.25) is 0 Å². The summed E-state index contributed by atoms with van der Waals surface area (Å²) < 4.78 is 5.42. The van der Waals surface area contributed by atoms with Gasteiger partial charge in [-0.1, -0.05) is 30.3 Å². The molecule has 0 aliphatic carbocycles. The fraction of sp³-hybridized carbons (Fsp3) is 0.562. The summed E-state index contributed by atoms with van der Waals surface area (Å²) in [6.07, 6.45) is 1.05. The molecule has 0 saturated heterocycles. The molecule has 2 amide bonds. The van der Waals surface area contributed by atoms with Crippen molar-refractivity contribution < 1.29 is 9.53 Å². The Balaban J connectivity index is 2.31. The van der Waals surface area contributed by atoms with Crippen molar-refractivity contribution in [2.45, 2.75) is 45.8 Å². The molecule has 1 rings (SSSR count). The second kappa shape index (κ2) is 7.90. The zero-order chi connectivity index (χ0) is 15.0. The first-order chi connectivity index (χ1) is 9.42. The number of hydrogen-bond donors (Lipinski definition) is 2. The molecule has 0 bridgehead atoms. The molecule has 0 spiro atoms. The maximum atomic E-state index is 11.9. The van der Waals surface area contributed by atoms with Crippen molar-refractivity contribution in [1.82, 2.24) is 10.6 Å². The largest absolute Gasteiger partial charge is 0.379 e. The molecular formula is C16H26N2O2. The number of nitrogens with one attached hydrogen (secondary N) is 2. The number of carbonyl (C=O) groups is 1. The van der Waals surface area contributed by atoms with Crippen LogP contribution in [0.5, 0.6) is 0 Å². The lowest BCUT2D eigenvalue weighted by Crippen LogP contribution is -2.46. The van der Waals surface area contributed by atoms with E-state index in [1.54, 1.807) is 0 Å². The quantitative estimate of drug-likeness (QED) is 0.753. The van der Waals surface area contributed by atoms with Gasteiger partial charge in [-0.2, -0.15) is 0 Å². The lowest BCUT2D eigenvalue weighted by molar-refractivity contribution is 0.0774. The summed E-state index contributed by atoms with van der Waals surface area (Å²) in [5, 5.41) is 5.83. The normalized spacial score (nSPS) is 11.4. The first kappa shape index (κ1) is 16.5. The Hall–Kier alpha value is -1.55. The minimum atomic E-state index is -0.389. The van der Waals surface area contributed by atoms with E-state index in [2.05, 4.69) is 10.6 Å². The third-order valence-electron chi connectivity index (χ3n) is 2.98. The van der Waals surface area contributed by atoms with Crippen molar-refractivity contribution in [3.63, 3.8) is 0 Å². The Morgan fingerprint density at radius 2 is 1.90 bits per heavy atom. The third kappa shape index (κ3) is 6.06. The minimum absolute atomic E-state index is 0.150. The topological polar surface area (TPSA) is 50.4 Å². The van der Waals surface area contributed by atoms with E-state index in [4.69, 9.17) is 4.74 Å². The molecule has 0 aliphatic heterocycles. The van der Waals surface area contributed by atoms with Crippen LogP contribution in [0.15, 0.2) is 30.3 Å². The molecule has 0 heterocycles. The zero-order valence-electron chi connectivity index (χ0n) is 12.9. The van der Waals surface area contributed by atoms with Crippen LogP contribution >= 0.6 is 0 Å². The van der Waals surface area contributed by atoms with Crippen molar-refractivity contribution in [1.29, 1.82) is 0 Å². The molecule has 112 valence electrons. The van der Waals surface area contributed by atoms with Crippen molar-refractivity contribution in [3.8, 4) is 0 Å². The summed E-state index contributed by atoms with van der Waals surface area (Å²) in [5.41, 5.74) is 0.693. The molecule has 20 heavy (non-hydrogen) atoms. The summed E-state index contributed by atoms with van der Waals surface area (Å²) in [6, 6.07) is 9.78. The smallest absolute Gasteiger partial charge is 0.315 e. The number of benzene rings is 1. The number of ether oxygens (including phenoxy) is 1. The summed E-state index contributed by atoms with van der Waals surface area (Å²) in [6.45, 7) is 9.27. The highest BCUT2D eigenvalue weighted by atomic mass is 16.5. The molecular weight excluding hydrogens is 252 g/mol. The highest BCUT2D eigenvalue weighted by molar-refractivity contribution is 5.74. The maximum Gasteiger partial charge on any atom is 0.315 e. The van der Waals surface area contributed by atoms with E-state index in [-0.39, 0.29) is 17.7 Å². The van der Waals surface area contributed by atoms with Gasteiger partial charge in [-0.15, -0.1) is 0 Å². The predicted octanol–water partition coefficient (Wildman–Crippen LogP) is 3.04. The van der Waals surface area contributed by atoms with Gasteiger partial charge in [0.2, 0.25) is 0 Å². The van der Waals surface area contributed by atoms with E-state index >= 15 is 0 Å². The lowest BCUT2D eigenvalue weighted by Gasteiger charge is -2.27. The monoisotopic (exact) mass is 278 g/mol. The van der Waals surface area contributed by atoms with E-state index in [1.807, 2.05) is 58.0 Å². The molecule has 1 aromatic carbocycles. The minimum Gasteiger partial charge on any atom is -0.379 e. The van der Waals surface area contributed by atoms with Gasteiger partial charge in [0.25, 0.3) is 0 Å². The Morgan fingerprint density at radius 3 is 2.50 bits per heavy atom. The van der Waals surface area contributed by atoms with Crippen LogP contribution in [-0.4, -0.2) is 25.3 Å². The van der Waals surface area contributed by atoms with E-state index in [9.17, 15) is 4.79 Å². The summed E-state index contributed by atoms with van der Waals surface area (Å²) in [7, 11) is 0. The number of amides is 2. The molecule has 0 aliphatic rings. The van der Waals surface area contributed by atoms with E-state index < -0.39 is 0 Å². The maximum absolute atomic E-state index is 11.9. The van der Waals surface area contributed by atoms with Crippen LogP contribution in [0.1, 0.15) is 39.7 Å². The Labute approximate surface area is 121 Å². The molecule has 0 saturated carbocycles. The summed E-state index contributed by atoms with van der Waals surface area (Å²) in [4.78, 5) is 11.9. The number of urea groups is 1. The average molecular weight is 278 g/mol. The second-order valence-electron chi connectivity index (χ2n) is 5.65. The fourth-order valence-electron chi connectivity index (χ4n) is 1.85. The highest BCUT2D eigenvalue weighted by Crippen LogP contribution is 2.18. The van der Waals surface area contributed by atoms with E-state index in [0.717, 1.165) is 12.0 Å². The van der Waals surface area contributed by atoms with Crippen LogP contribution in [0, 0.1) is 0 Å². The Bertz CT molecular complexity index is 402. The van der Waals surface area contributed by atoms with Gasteiger partial charge in [0.1, 0.15) is 0 Å². The van der Waals surface area contributed by atoms with Gasteiger partial charge in [0, 0.05) is 13.2 Å². The standard InChI is InChI=1S/C16H26N2O2/c1-13(2)20-12-8-11-17-15(19)18-16(3,4)14-9-6-5-7-10-14/h5-7,9-10,13H,8,11-12H2,1-4H3,(H2,17,18,19). The van der Waals surface area contributed by atoms with Gasteiger partial charge in [-0.25, -0.2) is 4.79 Å². The molecule has 0 fully saturated rings. The van der Waals surface area contributed by atoms with Crippen LogP contribution in [0.2, 0.25) is 0 Å². The van der Waals surface area contributed by atoms with Gasteiger partial charge in [0.05, 0.1) is 11.6 Å². The second-order valence-corrected chi connectivity index (χ2v) is 5.65. The van der Waals surface area contributed by atoms with Crippen molar-refractivity contribution >= 4 is 6.03 Å². The van der Waals surface area contributed by atoms with Crippen molar-refractivity contribution in [2.75, 3.05) is 13.2 Å². The molecule has 0 unspecified atom stereocenters. The van der Waals surface area contributed by atoms with Gasteiger partial charge < -0.3 is 15.4 Å². The van der Waals surface area contributed by atoms with Gasteiger partial charge >= 0.3 is 6.03 Å². The van der Waals surface area contributed by atoms with Crippen LogP contribution in [0.3, 0.4) is 0 Å². The van der Waals surface area contributed by atoms with Gasteiger partial charge in [-0.05, 0) is 39.7 Å². The predicted molar refractivity (Wildman–Crippen MR) is 81.7 cm³/mol. The average Bonchev–Trinajstić information content (AvgIpc) is 2.38. The molecule has 4 heteroatoms. The molecule has 0 radical (unpaired) electrons. The third-order valence-corrected chi connectivity index (χ3v) is 2.98. The molecule has 2 N–H and O–H groups in total. The Morgan fingerprint density at radius 1 is 1.25 bits per heavy atom. The highest BCUT2D eigenvalue weighted by Gasteiger charge is 2.22.